The van der Waals surface area contributed by atoms with Crippen LogP contribution in [0.5, 0.6) is 0 Å². The zero-order valence-corrected chi connectivity index (χ0v) is 7.08. The van der Waals surface area contributed by atoms with Gasteiger partial charge < -0.3 is 5.32 Å². The first-order chi connectivity index (χ1) is 6.22. The average Bonchev–Trinajstić information content (AvgIpc) is 2.52. The van der Waals surface area contributed by atoms with Crippen molar-refractivity contribution in [1.82, 2.24) is 15.1 Å². The SMILES string of the molecule is C=Cn1cc(CNCC(F)F)cn1. The van der Waals surface area contributed by atoms with Gasteiger partial charge in [-0.3, -0.25) is 0 Å². The van der Waals surface area contributed by atoms with E-state index in [0.717, 1.165) is 5.56 Å². The zero-order chi connectivity index (χ0) is 9.68. The van der Waals surface area contributed by atoms with Crippen LogP contribution >= 0.6 is 0 Å². The van der Waals surface area contributed by atoms with Gasteiger partial charge in [0.15, 0.2) is 0 Å². The summed E-state index contributed by atoms with van der Waals surface area (Å²) in [5.41, 5.74) is 0.862. The van der Waals surface area contributed by atoms with E-state index in [1.807, 2.05) is 0 Å². The van der Waals surface area contributed by atoms with Gasteiger partial charge >= 0.3 is 0 Å². The van der Waals surface area contributed by atoms with Crippen LogP contribution in [0.2, 0.25) is 0 Å². The molecule has 0 amide bonds. The second-order valence-corrected chi connectivity index (χ2v) is 2.53. The van der Waals surface area contributed by atoms with Gasteiger partial charge in [0.05, 0.1) is 12.7 Å². The molecule has 0 aromatic carbocycles. The Balaban J connectivity index is 2.32. The third kappa shape index (κ3) is 3.33. The molecule has 0 saturated carbocycles. The van der Waals surface area contributed by atoms with Gasteiger partial charge in [0.25, 0.3) is 6.43 Å². The molecule has 72 valence electrons. The van der Waals surface area contributed by atoms with Gasteiger partial charge in [-0.15, -0.1) is 0 Å². The molecule has 5 heteroatoms. The smallest absolute Gasteiger partial charge is 0.250 e. The van der Waals surface area contributed by atoms with Crippen LogP contribution in [0.25, 0.3) is 6.20 Å². The summed E-state index contributed by atoms with van der Waals surface area (Å²) < 4.78 is 24.9. The van der Waals surface area contributed by atoms with Crippen molar-refractivity contribution in [2.45, 2.75) is 13.0 Å². The molecular formula is C8H11F2N3. The van der Waals surface area contributed by atoms with Gasteiger partial charge in [0, 0.05) is 24.5 Å². The molecule has 0 aliphatic heterocycles. The fourth-order valence-electron chi connectivity index (χ4n) is 0.894. The first-order valence-electron chi connectivity index (χ1n) is 3.87. The van der Waals surface area contributed by atoms with Crippen molar-refractivity contribution < 1.29 is 8.78 Å². The molecule has 3 nitrogen and oxygen atoms in total. The molecule has 0 aliphatic carbocycles. The molecule has 0 aliphatic rings. The summed E-state index contributed by atoms with van der Waals surface area (Å²) >= 11 is 0. The van der Waals surface area contributed by atoms with E-state index in [-0.39, 0.29) is 6.54 Å². The molecular weight excluding hydrogens is 176 g/mol. The van der Waals surface area contributed by atoms with Crippen LogP contribution in [0, 0.1) is 0 Å². The number of nitrogens with zero attached hydrogens (tertiary/aromatic N) is 2. The van der Waals surface area contributed by atoms with Crippen LogP contribution in [-0.4, -0.2) is 22.8 Å². The van der Waals surface area contributed by atoms with Crippen molar-refractivity contribution in [2.75, 3.05) is 6.54 Å². The normalized spacial score (nSPS) is 10.7. The Labute approximate surface area is 75.1 Å². The Kier molecular flexibility index (Phi) is 3.57. The maximum Gasteiger partial charge on any atom is 0.250 e. The molecule has 1 heterocycles. The highest BCUT2D eigenvalue weighted by atomic mass is 19.3. The number of halogens is 2. The van der Waals surface area contributed by atoms with E-state index in [1.54, 1.807) is 12.4 Å². The molecule has 1 aromatic heterocycles. The second kappa shape index (κ2) is 4.71. The summed E-state index contributed by atoms with van der Waals surface area (Å²) in [6.45, 7) is 3.62. The van der Waals surface area contributed by atoms with E-state index < -0.39 is 6.43 Å². The minimum Gasteiger partial charge on any atom is -0.307 e. The fourth-order valence-corrected chi connectivity index (χ4v) is 0.894. The van der Waals surface area contributed by atoms with Crippen molar-refractivity contribution in [3.63, 3.8) is 0 Å². The molecule has 0 bridgehead atoms. The van der Waals surface area contributed by atoms with Crippen LogP contribution in [0.3, 0.4) is 0 Å². The van der Waals surface area contributed by atoms with Crippen molar-refractivity contribution in [3.05, 3.63) is 24.5 Å². The van der Waals surface area contributed by atoms with Crippen LogP contribution in [-0.2, 0) is 6.54 Å². The molecule has 1 rings (SSSR count). The molecule has 1 aromatic rings. The third-order valence-electron chi connectivity index (χ3n) is 1.47. The average molecular weight is 187 g/mol. The number of aromatic nitrogens is 2. The summed E-state index contributed by atoms with van der Waals surface area (Å²) in [5, 5.41) is 6.50. The molecule has 1 N–H and O–H groups in total. The third-order valence-corrected chi connectivity index (χ3v) is 1.47. The number of rotatable bonds is 5. The van der Waals surface area contributed by atoms with Crippen LogP contribution in [0.1, 0.15) is 5.56 Å². The minimum atomic E-state index is -2.31. The monoisotopic (exact) mass is 187 g/mol. The first-order valence-corrected chi connectivity index (χ1v) is 3.87. The summed E-state index contributed by atoms with van der Waals surface area (Å²) in [4.78, 5) is 0. The van der Waals surface area contributed by atoms with Crippen molar-refractivity contribution in [1.29, 1.82) is 0 Å². The van der Waals surface area contributed by atoms with E-state index in [0.29, 0.717) is 6.54 Å². The Morgan fingerprint density at radius 2 is 2.46 bits per heavy atom. The highest BCUT2D eigenvalue weighted by Gasteiger charge is 2.01. The van der Waals surface area contributed by atoms with E-state index in [2.05, 4.69) is 17.0 Å². The first kappa shape index (κ1) is 9.85. The van der Waals surface area contributed by atoms with E-state index in [9.17, 15) is 8.78 Å². The molecule has 0 saturated heterocycles. The maximum absolute atomic E-state index is 11.7. The molecule has 0 spiro atoms. The number of nitrogens with one attached hydrogen (secondary N) is 1. The predicted octanol–water partition coefficient (Wildman–Crippen LogP) is 1.34. The van der Waals surface area contributed by atoms with Crippen molar-refractivity contribution in [3.8, 4) is 0 Å². The maximum atomic E-state index is 11.7. The number of hydrogen-bond donors (Lipinski definition) is 1. The van der Waals surface area contributed by atoms with E-state index in [4.69, 9.17) is 0 Å². The summed E-state index contributed by atoms with van der Waals surface area (Å²) in [6.07, 6.45) is 2.57. The van der Waals surface area contributed by atoms with Crippen LogP contribution in [0.4, 0.5) is 8.78 Å². The predicted molar refractivity (Wildman–Crippen MR) is 46.3 cm³/mol. The van der Waals surface area contributed by atoms with Gasteiger partial charge in [-0.1, -0.05) is 6.58 Å². The minimum absolute atomic E-state index is 0.292. The Morgan fingerprint density at radius 3 is 3.00 bits per heavy atom. The molecule has 0 atom stereocenters. The van der Waals surface area contributed by atoms with Gasteiger partial charge in [-0.05, 0) is 0 Å². The van der Waals surface area contributed by atoms with Gasteiger partial charge in [-0.2, -0.15) is 5.10 Å². The largest absolute Gasteiger partial charge is 0.307 e. The lowest BCUT2D eigenvalue weighted by atomic mass is 10.3. The zero-order valence-electron chi connectivity index (χ0n) is 7.08. The molecule has 0 radical (unpaired) electrons. The highest BCUT2D eigenvalue weighted by Crippen LogP contribution is 1.97. The van der Waals surface area contributed by atoms with Crippen molar-refractivity contribution in [2.24, 2.45) is 0 Å². The number of hydrogen-bond acceptors (Lipinski definition) is 2. The lowest BCUT2D eigenvalue weighted by Crippen LogP contribution is -2.20. The van der Waals surface area contributed by atoms with Gasteiger partial charge in [0.2, 0.25) is 0 Å². The Hall–Kier alpha value is -1.23. The van der Waals surface area contributed by atoms with Crippen LogP contribution in [0.15, 0.2) is 19.0 Å². The molecule has 13 heavy (non-hydrogen) atoms. The fraction of sp³-hybridized carbons (Fsp3) is 0.375. The summed E-state index contributed by atoms with van der Waals surface area (Å²) in [7, 11) is 0. The Bertz CT molecular complexity index is 270. The van der Waals surface area contributed by atoms with Crippen molar-refractivity contribution >= 4 is 6.20 Å². The topological polar surface area (TPSA) is 29.9 Å². The van der Waals surface area contributed by atoms with E-state index >= 15 is 0 Å². The Morgan fingerprint density at radius 1 is 1.69 bits per heavy atom. The number of alkyl halides is 2. The lowest BCUT2D eigenvalue weighted by Gasteiger charge is -2.00. The quantitative estimate of drug-likeness (QED) is 0.753. The standard InChI is InChI=1S/C8H11F2N3/c1-2-13-6-7(4-12-13)3-11-5-8(9)10/h2,4,6,8,11H,1,3,5H2. The van der Waals surface area contributed by atoms with Gasteiger partial charge in [0.1, 0.15) is 0 Å². The van der Waals surface area contributed by atoms with E-state index in [1.165, 1.54) is 10.9 Å². The molecule has 0 fully saturated rings. The summed E-state index contributed by atoms with van der Waals surface area (Å²) in [5.74, 6) is 0. The second-order valence-electron chi connectivity index (χ2n) is 2.53. The highest BCUT2D eigenvalue weighted by molar-refractivity contribution is 5.17. The molecule has 0 unspecified atom stereocenters. The summed E-state index contributed by atoms with van der Waals surface area (Å²) in [6, 6.07) is 0. The lowest BCUT2D eigenvalue weighted by molar-refractivity contribution is 0.145. The van der Waals surface area contributed by atoms with Crippen LogP contribution < -0.4 is 5.32 Å². The van der Waals surface area contributed by atoms with Gasteiger partial charge in [-0.25, -0.2) is 13.5 Å².